The van der Waals surface area contributed by atoms with Crippen molar-refractivity contribution in [1.29, 1.82) is 0 Å². The predicted octanol–water partition coefficient (Wildman–Crippen LogP) is 4.70. The number of carbonyl (C=O) groups is 2. The minimum atomic E-state index is -0.499. The van der Waals surface area contributed by atoms with Gasteiger partial charge in [-0.25, -0.2) is 4.39 Å². The second-order valence-electron chi connectivity index (χ2n) is 8.91. The summed E-state index contributed by atoms with van der Waals surface area (Å²) in [6, 6.07) is 20.6. The molecule has 192 valence electrons. The van der Waals surface area contributed by atoms with Gasteiger partial charge in [0.2, 0.25) is 0 Å². The molecule has 0 spiro atoms. The highest BCUT2D eigenvalue weighted by Gasteiger charge is 2.24. The van der Waals surface area contributed by atoms with Crippen molar-refractivity contribution in [2.75, 3.05) is 36.4 Å². The first-order valence-electron chi connectivity index (χ1n) is 12.1. The van der Waals surface area contributed by atoms with E-state index in [0.717, 1.165) is 11.4 Å². The summed E-state index contributed by atoms with van der Waals surface area (Å²) < 4.78 is 19.6. The molecular formula is C28H29FN4O3S. The topological polar surface area (TPSA) is 73.9 Å². The Kier molecular flexibility index (Phi) is 8.35. The summed E-state index contributed by atoms with van der Waals surface area (Å²) >= 11 is 5.30. The fraction of sp³-hybridized carbons (Fsp3) is 0.250. The molecule has 9 heteroatoms. The molecule has 1 saturated heterocycles. The maximum absolute atomic E-state index is 14.0. The van der Waals surface area contributed by atoms with E-state index in [1.54, 1.807) is 41.3 Å². The third kappa shape index (κ3) is 6.83. The molecule has 1 aliphatic rings. The van der Waals surface area contributed by atoms with Crippen molar-refractivity contribution < 1.29 is 18.7 Å². The molecule has 3 aromatic rings. The van der Waals surface area contributed by atoms with Gasteiger partial charge in [-0.1, -0.05) is 12.1 Å². The summed E-state index contributed by atoms with van der Waals surface area (Å²) in [4.78, 5) is 29.0. The standard InChI is InChI=1S/C28H29FN4O3S/c1-19(2)36-23-13-7-20(8-14-23)26(34)31-28(37)30-21-9-11-22(12-10-21)32-15-17-33(18-16-32)27(35)24-5-3-4-6-25(24)29/h3-14,19H,15-18H2,1-2H3,(H2,30,31,34,37). The van der Waals surface area contributed by atoms with Gasteiger partial charge in [-0.15, -0.1) is 0 Å². The van der Waals surface area contributed by atoms with Crippen LogP contribution >= 0.6 is 12.2 Å². The van der Waals surface area contributed by atoms with Crippen LogP contribution < -0.4 is 20.3 Å². The lowest BCUT2D eigenvalue weighted by molar-refractivity contribution is 0.0742. The average Bonchev–Trinajstić information content (AvgIpc) is 2.89. The van der Waals surface area contributed by atoms with E-state index < -0.39 is 5.82 Å². The van der Waals surface area contributed by atoms with Crippen molar-refractivity contribution in [1.82, 2.24) is 10.2 Å². The lowest BCUT2D eigenvalue weighted by Crippen LogP contribution is -2.49. The number of nitrogens with zero attached hydrogens (tertiary/aromatic N) is 2. The maximum atomic E-state index is 14.0. The van der Waals surface area contributed by atoms with Gasteiger partial charge in [0, 0.05) is 43.1 Å². The van der Waals surface area contributed by atoms with E-state index >= 15 is 0 Å². The Morgan fingerprint density at radius 3 is 2.19 bits per heavy atom. The van der Waals surface area contributed by atoms with E-state index in [-0.39, 0.29) is 28.6 Å². The SMILES string of the molecule is CC(C)Oc1ccc(C(=O)NC(=S)Nc2ccc(N3CCN(C(=O)c4ccccc4F)CC3)cc2)cc1. The van der Waals surface area contributed by atoms with Crippen LogP contribution in [0.25, 0.3) is 0 Å². The molecule has 0 atom stereocenters. The van der Waals surface area contributed by atoms with Crippen molar-refractivity contribution in [3.8, 4) is 5.75 Å². The van der Waals surface area contributed by atoms with Gasteiger partial charge in [0.25, 0.3) is 11.8 Å². The Labute approximate surface area is 221 Å². The summed E-state index contributed by atoms with van der Waals surface area (Å²) in [6.07, 6.45) is 0.0576. The molecule has 1 aliphatic heterocycles. The Bertz CT molecular complexity index is 1260. The highest BCUT2D eigenvalue weighted by molar-refractivity contribution is 7.80. The molecule has 1 heterocycles. The molecule has 2 N–H and O–H groups in total. The smallest absolute Gasteiger partial charge is 0.257 e. The number of halogens is 1. The van der Waals surface area contributed by atoms with Crippen LogP contribution in [0.4, 0.5) is 15.8 Å². The molecule has 0 radical (unpaired) electrons. The van der Waals surface area contributed by atoms with Crippen molar-refractivity contribution >= 4 is 40.5 Å². The van der Waals surface area contributed by atoms with Crippen molar-refractivity contribution in [3.63, 3.8) is 0 Å². The number of hydrogen-bond donors (Lipinski definition) is 2. The van der Waals surface area contributed by atoms with Gasteiger partial charge >= 0.3 is 0 Å². The second-order valence-corrected chi connectivity index (χ2v) is 9.31. The van der Waals surface area contributed by atoms with Crippen molar-refractivity contribution in [2.45, 2.75) is 20.0 Å². The first-order chi connectivity index (χ1) is 17.8. The summed E-state index contributed by atoms with van der Waals surface area (Å²) in [5.41, 5.74) is 2.32. The van der Waals surface area contributed by atoms with Gasteiger partial charge in [-0.2, -0.15) is 0 Å². The molecule has 3 aromatic carbocycles. The molecule has 0 aliphatic carbocycles. The fourth-order valence-electron chi connectivity index (χ4n) is 4.02. The Morgan fingerprint density at radius 1 is 0.919 bits per heavy atom. The number of nitrogens with one attached hydrogen (secondary N) is 2. The first kappa shape index (κ1) is 26.1. The molecule has 7 nitrogen and oxygen atoms in total. The van der Waals surface area contributed by atoms with E-state index in [2.05, 4.69) is 15.5 Å². The largest absolute Gasteiger partial charge is 0.491 e. The molecule has 37 heavy (non-hydrogen) atoms. The van der Waals surface area contributed by atoms with Gasteiger partial charge < -0.3 is 19.9 Å². The minimum absolute atomic E-state index is 0.0576. The Balaban J connectivity index is 1.26. The number of rotatable bonds is 6. The number of anilines is 2. The van der Waals surface area contributed by atoms with Gasteiger partial charge in [0.1, 0.15) is 11.6 Å². The quantitative estimate of drug-likeness (QED) is 0.459. The third-order valence-corrected chi connectivity index (χ3v) is 6.08. The van der Waals surface area contributed by atoms with Crippen LogP contribution in [0.5, 0.6) is 5.75 Å². The minimum Gasteiger partial charge on any atom is -0.491 e. The van der Waals surface area contributed by atoms with Crippen LogP contribution in [0.15, 0.2) is 72.8 Å². The molecule has 0 aromatic heterocycles. The summed E-state index contributed by atoms with van der Waals surface area (Å²) in [5.74, 6) is -0.396. The number of hydrogen-bond acceptors (Lipinski definition) is 5. The number of piperazine rings is 1. The summed E-state index contributed by atoms with van der Waals surface area (Å²) in [6.45, 7) is 6.18. The zero-order valence-electron chi connectivity index (χ0n) is 20.7. The second kappa shape index (κ2) is 11.8. The number of thiocarbonyl (C=S) groups is 1. The first-order valence-corrected chi connectivity index (χ1v) is 12.5. The van der Waals surface area contributed by atoms with E-state index in [0.29, 0.717) is 37.5 Å². The normalized spacial score (nSPS) is 13.3. The number of ether oxygens (including phenoxy) is 1. The molecule has 0 saturated carbocycles. The van der Waals surface area contributed by atoms with Crippen LogP contribution in [0.2, 0.25) is 0 Å². The Morgan fingerprint density at radius 2 is 1.57 bits per heavy atom. The number of carbonyl (C=O) groups excluding carboxylic acids is 2. The van der Waals surface area contributed by atoms with E-state index in [4.69, 9.17) is 17.0 Å². The van der Waals surface area contributed by atoms with Crippen LogP contribution in [0, 0.1) is 5.82 Å². The van der Waals surface area contributed by atoms with E-state index in [1.165, 1.54) is 12.1 Å². The third-order valence-electron chi connectivity index (χ3n) is 5.88. The summed E-state index contributed by atoms with van der Waals surface area (Å²) in [5, 5.41) is 5.90. The zero-order valence-corrected chi connectivity index (χ0v) is 21.6. The monoisotopic (exact) mass is 520 g/mol. The predicted molar refractivity (Wildman–Crippen MR) is 147 cm³/mol. The molecular weight excluding hydrogens is 491 g/mol. The average molecular weight is 521 g/mol. The van der Waals surface area contributed by atoms with Gasteiger partial charge in [0.05, 0.1) is 11.7 Å². The molecule has 0 unspecified atom stereocenters. The summed E-state index contributed by atoms with van der Waals surface area (Å²) in [7, 11) is 0. The van der Waals surface area contributed by atoms with E-state index in [1.807, 2.05) is 38.1 Å². The van der Waals surface area contributed by atoms with Crippen LogP contribution in [-0.2, 0) is 0 Å². The van der Waals surface area contributed by atoms with Crippen molar-refractivity contribution in [3.05, 3.63) is 89.7 Å². The van der Waals surface area contributed by atoms with Gasteiger partial charge in [-0.3, -0.25) is 14.9 Å². The van der Waals surface area contributed by atoms with Crippen LogP contribution in [0.1, 0.15) is 34.6 Å². The zero-order chi connectivity index (χ0) is 26.4. The molecule has 2 amide bonds. The van der Waals surface area contributed by atoms with Crippen LogP contribution in [0.3, 0.4) is 0 Å². The van der Waals surface area contributed by atoms with Gasteiger partial charge in [-0.05, 0) is 86.7 Å². The Hall–Kier alpha value is -3.98. The van der Waals surface area contributed by atoms with Crippen molar-refractivity contribution in [2.24, 2.45) is 0 Å². The fourth-order valence-corrected chi connectivity index (χ4v) is 4.23. The van der Waals surface area contributed by atoms with Crippen LogP contribution in [-0.4, -0.2) is 54.1 Å². The van der Waals surface area contributed by atoms with E-state index in [9.17, 15) is 14.0 Å². The molecule has 0 bridgehead atoms. The number of amides is 2. The molecule has 4 rings (SSSR count). The number of benzene rings is 3. The highest BCUT2D eigenvalue weighted by Crippen LogP contribution is 2.21. The lowest BCUT2D eigenvalue weighted by Gasteiger charge is -2.36. The van der Waals surface area contributed by atoms with Gasteiger partial charge in [0.15, 0.2) is 5.11 Å². The maximum Gasteiger partial charge on any atom is 0.257 e. The molecule has 1 fully saturated rings. The highest BCUT2D eigenvalue weighted by atomic mass is 32.1. The lowest BCUT2D eigenvalue weighted by atomic mass is 10.1.